The number of hydrogen-bond donors (Lipinski definition) is 2. The Kier molecular flexibility index (Phi) is 7.63. The van der Waals surface area contributed by atoms with Crippen molar-refractivity contribution >= 4 is 17.7 Å². The fourth-order valence-electron chi connectivity index (χ4n) is 2.89. The zero-order valence-corrected chi connectivity index (χ0v) is 17.4. The molecule has 2 N–H and O–H groups in total. The number of guanidine groups is 1. The average molecular weight is 413 g/mol. The molecule has 3 rings (SSSR count). The molecule has 0 saturated carbocycles. The minimum atomic E-state index is -0.216. The molecule has 8 heteroatoms. The second kappa shape index (κ2) is 10.6. The molecule has 1 aromatic heterocycles. The molecule has 152 valence electrons. The molecule has 0 amide bonds. The van der Waals surface area contributed by atoms with Gasteiger partial charge in [-0.3, -0.25) is 4.57 Å². The lowest BCUT2D eigenvalue weighted by Crippen LogP contribution is -2.37. The number of hydrogen-bond acceptors (Lipinski definition) is 4. The smallest absolute Gasteiger partial charge is 0.191 e. The van der Waals surface area contributed by atoms with Crippen LogP contribution in [0, 0.1) is 5.82 Å². The monoisotopic (exact) mass is 412 g/mol. The van der Waals surface area contributed by atoms with E-state index in [9.17, 15) is 4.39 Å². The van der Waals surface area contributed by atoms with Crippen molar-refractivity contribution in [1.82, 2.24) is 25.4 Å². The SMILES string of the molecule is CCNC(=NCc1ccc(F)cc1CSC)NCc1nncn1-c1ccccc1. The lowest BCUT2D eigenvalue weighted by atomic mass is 10.1. The third-order valence-corrected chi connectivity index (χ3v) is 4.89. The summed E-state index contributed by atoms with van der Waals surface area (Å²) >= 11 is 1.67. The van der Waals surface area contributed by atoms with E-state index in [1.54, 1.807) is 30.2 Å². The van der Waals surface area contributed by atoms with Gasteiger partial charge in [-0.05, 0) is 48.6 Å². The van der Waals surface area contributed by atoms with Crippen molar-refractivity contribution in [1.29, 1.82) is 0 Å². The molecule has 0 radical (unpaired) electrons. The molecule has 0 atom stereocenters. The number of halogens is 1. The first-order valence-corrected chi connectivity index (χ1v) is 10.8. The molecular formula is C21H25FN6S. The van der Waals surface area contributed by atoms with Gasteiger partial charge in [0.1, 0.15) is 12.1 Å². The van der Waals surface area contributed by atoms with E-state index in [2.05, 4.69) is 25.8 Å². The number of para-hydroxylation sites is 1. The fraction of sp³-hybridized carbons (Fsp3) is 0.286. The van der Waals surface area contributed by atoms with Crippen LogP contribution in [0.2, 0.25) is 0 Å². The highest BCUT2D eigenvalue weighted by Crippen LogP contribution is 2.17. The molecule has 2 aromatic carbocycles. The van der Waals surface area contributed by atoms with Crippen molar-refractivity contribution in [3.8, 4) is 5.69 Å². The summed E-state index contributed by atoms with van der Waals surface area (Å²) in [6.07, 6.45) is 3.70. The van der Waals surface area contributed by atoms with Crippen LogP contribution in [0.3, 0.4) is 0 Å². The topological polar surface area (TPSA) is 67.1 Å². The lowest BCUT2D eigenvalue weighted by Gasteiger charge is -2.13. The summed E-state index contributed by atoms with van der Waals surface area (Å²) in [5.74, 6) is 2.00. The Labute approximate surface area is 174 Å². The highest BCUT2D eigenvalue weighted by Gasteiger charge is 2.08. The predicted octanol–water partition coefficient (Wildman–Crippen LogP) is 3.52. The van der Waals surface area contributed by atoms with Gasteiger partial charge in [0.25, 0.3) is 0 Å². The molecule has 0 unspecified atom stereocenters. The van der Waals surface area contributed by atoms with Crippen molar-refractivity contribution in [3.63, 3.8) is 0 Å². The largest absolute Gasteiger partial charge is 0.357 e. The molecule has 0 bridgehead atoms. The van der Waals surface area contributed by atoms with Crippen molar-refractivity contribution in [2.24, 2.45) is 4.99 Å². The molecule has 6 nitrogen and oxygen atoms in total. The molecule has 1 heterocycles. The highest BCUT2D eigenvalue weighted by atomic mass is 32.2. The standard InChI is InChI=1S/C21H25FN6S/c1-3-23-21(24-12-16-9-10-18(22)11-17(16)14-29-2)25-13-20-27-26-15-28(20)19-7-5-4-6-8-19/h4-11,15H,3,12-14H2,1-2H3,(H2,23,24,25). The third kappa shape index (κ3) is 5.80. The van der Waals surface area contributed by atoms with Gasteiger partial charge in [0.2, 0.25) is 0 Å². The van der Waals surface area contributed by atoms with Gasteiger partial charge in [-0.1, -0.05) is 24.3 Å². The molecular weight excluding hydrogens is 387 g/mol. The first kappa shape index (κ1) is 20.9. The average Bonchev–Trinajstić information content (AvgIpc) is 3.21. The second-order valence-corrected chi connectivity index (χ2v) is 7.21. The lowest BCUT2D eigenvalue weighted by molar-refractivity contribution is 0.625. The van der Waals surface area contributed by atoms with Crippen molar-refractivity contribution in [2.45, 2.75) is 25.8 Å². The van der Waals surface area contributed by atoms with E-state index in [0.717, 1.165) is 34.9 Å². The van der Waals surface area contributed by atoms with Crippen LogP contribution in [0.15, 0.2) is 59.9 Å². The van der Waals surface area contributed by atoms with Crippen LogP contribution >= 0.6 is 11.8 Å². The summed E-state index contributed by atoms with van der Waals surface area (Å²) in [4.78, 5) is 4.66. The fourth-order valence-corrected chi connectivity index (χ4v) is 3.47. The Morgan fingerprint density at radius 3 is 2.72 bits per heavy atom. The Balaban J connectivity index is 1.71. The number of nitrogens with one attached hydrogen (secondary N) is 2. The van der Waals surface area contributed by atoms with Crippen LogP contribution in [0.25, 0.3) is 5.69 Å². The van der Waals surface area contributed by atoms with Crippen molar-refractivity contribution in [3.05, 3.63) is 77.6 Å². The van der Waals surface area contributed by atoms with Crippen LogP contribution in [0.4, 0.5) is 4.39 Å². The summed E-state index contributed by atoms with van der Waals surface area (Å²) in [6, 6.07) is 14.8. The van der Waals surface area contributed by atoms with Gasteiger partial charge < -0.3 is 10.6 Å². The van der Waals surface area contributed by atoms with Gasteiger partial charge in [-0.15, -0.1) is 10.2 Å². The number of nitrogens with zero attached hydrogens (tertiary/aromatic N) is 4. The van der Waals surface area contributed by atoms with Gasteiger partial charge in [0, 0.05) is 18.0 Å². The third-order valence-electron chi connectivity index (χ3n) is 4.29. The maximum Gasteiger partial charge on any atom is 0.191 e. The Morgan fingerprint density at radius 2 is 1.97 bits per heavy atom. The zero-order valence-electron chi connectivity index (χ0n) is 16.6. The van der Waals surface area contributed by atoms with Crippen molar-refractivity contribution < 1.29 is 4.39 Å². The summed E-state index contributed by atoms with van der Waals surface area (Å²) in [5, 5.41) is 14.8. The maximum absolute atomic E-state index is 13.6. The Hall–Kier alpha value is -2.87. The summed E-state index contributed by atoms with van der Waals surface area (Å²) < 4.78 is 15.5. The Bertz CT molecular complexity index is 941. The van der Waals surface area contributed by atoms with E-state index in [0.29, 0.717) is 19.0 Å². The summed E-state index contributed by atoms with van der Waals surface area (Å²) in [7, 11) is 0. The van der Waals surface area contributed by atoms with Gasteiger partial charge in [0.05, 0.1) is 13.1 Å². The number of thioether (sulfide) groups is 1. The van der Waals surface area contributed by atoms with Gasteiger partial charge in [0.15, 0.2) is 11.8 Å². The molecule has 29 heavy (non-hydrogen) atoms. The molecule has 0 aliphatic carbocycles. The highest BCUT2D eigenvalue weighted by molar-refractivity contribution is 7.97. The van der Waals surface area contributed by atoms with Crippen LogP contribution < -0.4 is 10.6 Å². The molecule has 0 fully saturated rings. The number of rotatable bonds is 8. The van der Waals surface area contributed by atoms with Gasteiger partial charge in [-0.25, -0.2) is 9.38 Å². The van der Waals surface area contributed by atoms with Crippen molar-refractivity contribution in [2.75, 3.05) is 12.8 Å². The summed E-state index contributed by atoms with van der Waals surface area (Å²) in [6.45, 7) is 3.69. The van der Waals surface area contributed by atoms with Crippen LogP contribution in [-0.2, 0) is 18.8 Å². The first-order chi connectivity index (χ1) is 14.2. The number of aromatic nitrogens is 3. The maximum atomic E-state index is 13.6. The normalized spacial score (nSPS) is 11.5. The van der Waals surface area contributed by atoms with Crippen LogP contribution in [0.1, 0.15) is 23.9 Å². The first-order valence-electron chi connectivity index (χ1n) is 9.44. The van der Waals surface area contributed by atoms with E-state index in [-0.39, 0.29) is 5.82 Å². The minimum absolute atomic E-state index is 0.216. The molecule has 0 aliphatic heterocycles. The summed E-state index contributed by atoms with van der Waals surface area (Å²) in [5.41, 5.74) is 3.00. The number of benzene rings is 2. The molecule has 0 saturated heterocycles. The van der Waals surface area contributed by atoms with E-state index in [1.165, 1.54) is 6.07 Å². The molecule has 0 spiro atoms. The second-order valence-electron chi connectivity index (χ2n) is 6.35. The van der Waals surface area contributed by atoms with Crippen LogP contribution in [0.5, 0.6) is 0 Å². The van der Waals surface area contributed by atoms with E-state index in [4.69, 9.17) is 0 Å². The molecule has 3 aromatic rings. The Morgan fingerprint density at radius 1 is 1.14 bits per heavy atom. The quantitative estimate of drug-likeness (QED) is 0.438. The van der Waals surface area contributed by atoms with Crippen LogP contribution in [-0.4, -0.2) is 33.5 Å². The number of aliphatic imine (C=N–C) groups is 1. The predicted molar refractivity (Wildman–Crippen MR) is 117 cm³/mol. The minimum Gasteiger partial charge on any atom is -0.357 e. The molecule has 0 aliphatic rings. The zero-order chi connectivity index (χ0) is 20.5. The van der Waals surface area contributed by atoms with E-state index < -0.39 is 0 Å². The van der Waals surface area contributed by atoms with E-state index in [1.807, 2.05) is 48.1 Å². The van der Waals surface area contributed by atoms with Gasteiger partial charge in [-0.2, -0.15) is 11.8 Å². The van der Waals surface area contributed by atoms with Gasteiger partial charge >= 0.3 is 0 Å². The van der Waals surface area contributed by atoms with E-state index >= 15 is 0 Å².